The van der Waals surface area contributed by atoms with Gasteiger partial charge in [-0.2, -0.15) is 15.3 Å². The number of aromatic nitrogens is 6. The number of benzene rings is 2. The molecule has 0 saturated carbocycles. The lowest BCUT2D eigenvalue weighted by Gasteiger charge is -2.23. The van der Waals surface area contributed by atoms with Crippen molar-refractivity contribution in [1.82, 2.24) is 29.3 Å². The lowest BCUT2D eigenvalue weighted by molar-refractivity contribution is -0.0394. The molecule has 3 N–H and O–H groups in total. The summed E-state index contributed by atoms with van der Waals surface area (Å²) in [7, 11) is 1.82. The van der Waals surface area contributed by atoms with Crippen LogP contribution >= 0.6 is 0 Å². The molecule has 2 aliphatic rings. The highest BCUT2D eigenvalue weighted by Crippen LogP contribution is 2.36. The third-order valence-electron chi connectivity index (χ3n) is 8.76. The standard InChI is InChI=1S/C35H43N9O3/c1-35(2,3)29-20-30(42(4)40-29)39-34(45)38-25-11-9-10-24(18-25)37-26-14-15-27-28(19-26)44(32-13-6-8-17-47-32)41-33(27)23-21-36-43(22-23)31-12-5-7-16-46-31/h9-11,14-15,18-22,31-32,37H,5-8,12-13,16-17H2,1-4H3,(H2,38,39,45). The monoisotopic (exact) mass is 637 g/mol. The smallest absolute Gasteiger partial charge is 0.324 e. The van der Waals surface area contributed by atoms with E-state index in [1.54, 1.807) is 4.68 Å². The van der Waals surface area contributed by atoms with Gasteiger partial charge in [0.2, 0.25) is 0 Å². The maximum absolute atomic E-state index is 12.9. The van der Waals surface area contributed by atoms with E-state index in [1.165, 1.54) is 0 Å². The molecule has 2 fully saturated rings. The second-order valence-corrected chi connectivity index (χ2v) is 13.4. The molecule has 3 aromatic heterocycles. The van der Waals surface area contributed by atoms with E-state index < -0.39 is 0 Å². The summed E-state index contributed by atoms with van der Waals surface area (Å²) in [6, 6.07) is 15.5. The van der Waals surface area contributed by atoms with Crippen LogP contribution in [0.2, 0.25) is 0 Å². The van der Waals surface area contributed by atoms with Crippen LogP contribution in [0.25, 0.3) is 22.2 Å². The van der Waals surface area contributed by atoms with Crippen LogP contribution in [-0.4, -0.2) is 48.6 Å². The van der Waals surface area contributed by atoms with Crippen molar-refractivity contribution in [3.8, 4) is 11.3 Å². The molecule has 2 atom stereocenters. The number of nitrogens with zero attached hydrogens (tertiary/aromatic N) is 6. The molecule has 2 aliphatic heterocycles. The second-order valence-electron chi connectivity index (χ2n) is 13.4. The number of amides is 2. The number of carbonyl (C=O) groups excluding carboxylic acids is 1. The first-order valence-electron chi connectivity index (χ1n) is 16.5. The quantitative estimate of drug-likeness (QED) is 0.167. The predicted octanol–water partition coefficient (Wildman–Crippen LogP) is 7.72. The predicted molar refractivity (Wildman–Crippen MR) is 183 cm³/mol. The van der Waals surface area contributed by atoms with Gasteiger partial charge in [0.1, 0.15) is 17.7 Å². The topological polar surface area (TPSA) is 125 Å². The van der Waals surface area contributed by atoms with Gasteiger partial charge in [-0.15, -0.1) is 0 Å². The van der Waals surface area contributed by atoms with Crippen LogP contribution in [0.5, 0.6) is 0 Å². The zero-order valence-electron chi connectivity index (χ0n) is 27.5. The zero-order chi connectivity index (χ0) is 32.5. The number of aryl methyl sites for hydroxylation is 1. The fraction of sp³-hybridized carbons (Fsp3) is 0.429. The van der Waals surface area contributed by atoms with E-state index in [9.17, 15) is 4.79 Å². The Hall–Kier alpha value is -4.68. The molecule has 2 aromatic carbocycles. The minimum absolute atomic E-state index is 0.0314. The number of nitrogens with one attached hydrogen (secondary N) is 3. The molecule has 0 spiro atoms. The molecule has 5 aromatic rings. The van der Waals surface area contributed by atoms with Crippen LogP contribution < -0.4 is 16.0 Å². The van der Waals surface area contributed by atoms with E-state index in [2.05, 4.69) is 65.1 Å². The Morgan fingerprint density at radius 1 is 0.872 bits per heavy atom. The van der Waals surface area contributed by atoms with Gasteiger partial charge in [0.05, 0.1) is 17.4 Å². The Labute approximate surface area is 274 Å². The maximum atomic E-state index is 12.9. The number of carbonyl (C=O) groups is 1. The van der Waals surface area contributed by atoms with E-state index in [-0.39, 0.29) is 23.9 Å². The molecule has 5 heterocycles. The maximum Gasteiger partial charge on any atom is 0.324 e. The van der Waals surface area contributed by atoms with Crippen LogP contribution in [0, 0.1) is 0 Å². The lowest BCUT2D eigenvalue weighted by atomic mass is 9.92. The highest BCUT2D eigenvalue weighted by Gasteiger charge is 2.24. The number of urea groups is 1. The highest BCUT2D eigenvalue weighted by atomic mass is 16.5. The number of rotatable bonds is 7. The van der Waals surface area contributed by atoms with Crippen molar-refractivity contribution in [3.05, 3.63) is 66.6 Å². The summed E-state index contributed by atoms with van der Waals surface area (Å²) < 4.78 is 17.8. The summed E-state index contributed by atoms with van der Waals surface area (Å²) in [5, 5.41) is 24.7. The molecule has 7 rings (SSSR count). The van der Waals surface area contributed by atoms with E-state index >= 15 is 0 Å². The largest absolute Gasteiger partial charge is 0.357 e. The number of ether oxygens (including phenoxy) is 2. The average molecular weight is 638 g/mol. The van der Waals surface area contributed by atoms with Gasteiger partial charge >= 0.3 is 6.03 Å². The number of fused-ring (bicyclic) bond motifs is 1. The molecular weight excluding hydrogens is 594 g/mol. The number of hydrogen-bond acceptors (Lipinski definition) is 7. The Morgan fingerprint density at radius 2 is 1.62 bits per heavy atom. The van der Waals surface area contributed by atoms with E-state index in [1.807, 2.05) is 59.1 Å². The highest BCUT2D eigenvalue weighted by molar-refractivity contribution is 6.00. The first-order chi connectivity index (χ1) is 22.7. The number of anilines is 4. The first-order valence-corrected chi connectivity index (χ1v) is 16.5. The SMILES string of the molecule is Cn1nc(C(C)(C)C)cc1NC(=O)Nc1cccc(Nc2ccc3c(-c4cnn(C5CCCCO5)c4)nn(C4CCCCO4)c3c2)c1. The fourth-order valence-corrected chi connectivity index (χ4v) is 6.18. The van der Waals surface area contributed by atoms with Gasteiger partial charge in [-0.05, 0) is 74.9 Å². The lowest BCUT2D eigenvalue weighted by Crippen LogP contribution is -2.21. The molecule has 0 bridgehead atoms. The summed E-state index contributed by atoms with van der Waals surface area (Å²) in [5.41, 5.74) is 6.01. The summed E-state index contributed by atoms with van der Waals surface area (Å²) in [6.07, 6.45) is 10.0. The zero-order valence-corrected chi connectivity index (χ0v) is 27.5. The molecule has 2 unspecified atom stereocenters. The van der Waals surface area contributed by atoms with Crippen LogP contribution in [0.3, 0.4) is 0 Å². The van der Waals surface area contributed by atoms with Crippen molar-refractivity contribution >= 4 is 39.8 Å². The normalized spacial score (nSPS) is 18.7. The Bertz CT molecular complexity index is 1870. The average Bonchev–Trinajstić information content (AvgIpc) is 3.79. The summed E-state index contributed by atoms with van der Waals surface area (Å²) in [6.45, 7) is 7.77. The molecule has 12 heteroatoms. The van der Waals surface area contributed by atoms with Crippen molar-refractivity contribution in [2.24, 2.45) is 7.05 Å². The van der Waals surface area contributed by atoms with Gasteiger partial charge in [-0.25, -0.2) is 14.2 Å². The second kappa shape index (κ2) is 12.8. The minimum atomic E-state index is -0.339. The van der Waals surface area contributed by atoms with Gasteiger partial charge in [0.25, 0.3) is 0 Å². The Kier molecular flexibility index (Phi) is 8.46. The first kappa shape index (κ1) is 30.9. The molecule has 246 valence electrons. The van der Waals surface area contributed by atoms with Crippen LogP contribution in [0.4, 0.5) is 27.7 Å². The summed E-state index contributed by atoms with van der Waals surface area (Å²) >= 11 is 0. The van der Waals surface area contributed by atoms with Crippen molar-refractivity contribution in [3.63, 3.8) is 0 Å². The Morgan fingerprint density at radius 3 is 2.34 bits per heavy atom. The third kappa shape index (κ3) is 6.75. The van der Waals surface area contributed by atoms with Gasteiger partial charge in [-0.3, -0.25) is 10.00 Å². The fourth-order valence-electron chi connectivity index (χ4n) is 6.18. The van der Waals surface area contributed by atoms with Crippen molar-refractivity contribution in [1.29, 1.82) is 0 Å². The van der Waals surface area contributed by atoms with Crippen LogP contribution in [0.15, 0.2) is 60.9 Å². The van der Waals surface area contributed by atoms with E-state index in [0.29, 0.717) is 11.5 Å². The molecule has 12 nitrogen and oxygen atoms in total. The van der Waals surface area contributed by atoms with Gasteiger partial charge in [-0.1, -0.05) is 26.8 Å². The van der Waals surface area contributed by atoms with E-state index in [0.717, 1.165) is 91.0 Å². The molecule has 2 amide bonds. The number of hydrogen-bond donors (Lipinski definition) is 3. The molecular formula is C35H43N9O3. The third-order valence-corrected chi connectivity index (χ3v) is 8.76. The molecule has 0 aliphatic carbocycles. The van der Waals surface area contributed by atoms with Crippen molar-refractivity contribution in [2.45, 2.75) is 77.2 Å². The van der Waals surface area contributed by atoms with Gasteiger partial charge < -0.3 is 20.1 Å². The molecule has 47 heavy (non-hydrogen) atoms. The summed E-state index contributed by atoms with van der Waals surface area (Å²) in [4.78, 5) is 12.9. The van der Waals surface area contributed by atoms with Crippen molar-refractivity contribution in [2.75, 3.05) is 29.2 Å². The summed E-state index contributed by atoms with van der Waals surface area (Å²) in [5.74, 6) is 0.627. The molecule has 0 radical (unpaired) electrons. The van der Waals surface area contributed by atoms with Gasteiger partial charge in [0.15, 0.2) is 6.23 Å². The Balaban J connectivity index is 1.11. The van der Waals surface area contributed by atoms with Crippen LogP contribution in [0.1, 0.15) is 77.4 Å². The van der Waals surface area contributed by atoms with Crippen LogP contribution in [-0.2, 0) is 21.9 Å². The minimum Gasteiger partial charge on any atom is -0.357 e. The van der Waals surface area contributed by atoms with Crippen molar-refractivity contribution < 1.29 is 14.3 Å². The van der Waals surface area contributed by atoms with Gasteiger partial charge in [0, 0.05) is 66.0 Å². The molecule has 2 saturated heterocycles. The van der Waals surface area contributed by atoms with E-state index in [4.69, 9.17) is 14.6 Å².